The Balaban J connectivity index is 2.01. The van der Waals surface area contributed by atoms with Crippen molar-refractivity contribution in [3.8, 4) is 0 Å². The number of nitrogens with zero attached hydrogens (tertiary/aromatic N) is 2. The average Bonchev–Trinajstić information content (AvgIpc) is 3.02. The maximum atomic E-state index is 11.8. The molecule has 2 amide bonds. The predicted octanol–water partition coefficient (Wildman–Crippen LogP) is 1.40. The fourth-order valence-corrected chi connectivity index (χ4v) is 1.98. The lowest BCUT2D eigenvalue weighted by Gasteiger charge is -2.41. The third-order valence-electron chi connectivity index (χ3n) is 3.54. The van der Waals surface area contributed by atoms with Crippen molar-refractivity contribution < 1.29 is 14.3 Å². The summed E-state index contributed by atoms with van der Waals surface area (Å²) >= 11 is 5.97. The Labute approximate surface area is 106 Å². The van der Waals surface area contributed by atoms with Gasteiger partial charge in [0.15, 0.2) is 6.23 Å². The molecule has 17 heavy (non-hydrogen) atoms. The van der Waals surface area contributed by atoms with E-state index in [0.29, 0.717) is 19.3 Å². The minimum absolute atomic E-state index is 0.0574. The average molecular weight is 261 g/mol. The summed E-state index contributed by atoms with van der Waals surface area (Å²) in [6.45, 7) is 1.93. The molecule has 0 radical (unpaired) electrons. The van der Waals surface area contributed by atoms with Gasteiger partial charge in [-0.25, -0.2) is 4.79 Å². The molecule has 2 rings (SSSR count). The number of carbonyl (C=O) groups excluding carboxylic acids is 2. The predicted molar refractivity (Wildman–Crippen MR) is 62.7 cm³/mol. The number of esters is 1. The van der Waals surface area contributed by atoms with Crippen molar-refractivity contribution >= 4 is 23.6 Å². The van der Waals surface area contributed by atoms with E-state index in [1.807, 2.05) is 6.92 Å². The molecule has 2 aliphatic rings. The van der Waals surface area contributed by atoms with E-state index >= 15 is 0 Å². The highest BCUT2D eigenvalue weighted by Crippen LogP contribution is 2.44. The molecule has 2 atom stereocenters. The van der Waals surface area contributed by atoms with Gasteiger partial charge in [-0.2, -0.15) is 0 Å². The summed E-state index contributed by atoms with van der Waals surface area (Å²) in [6.07, 6.45) is 1.43. The van der Waals surface area contributed by atoms with E-state index in [2.05, 4.69) is 0 Å². The number of urea groups is 1. The molecule has 1 aliphatic heterocycles. The van der Waals surface area contributed by atoms with Crippen LogP contribution in [0.2, 0.25) is 0 Å². The molecule has 0 N–H and O–H groups in total. The highest BCUT2D eigenvalue weighted by Gasteiger charge is 2.51. The monoisotopic (exact) mass is 260 g/mol. The molecule has 0 aromatic carbocycles. The third kappa shape index (κ3) is 2.20. The second-order valence-electron chi connectivity index (χ2n) is 4.91. The molecular weight excluding hydrogens is 244 g/mol. The highest BCUT2D eigenvalue weighted by atomic mass is 35.5. The first-order valence-corrected chi connectivity index (χ1v) is 6.12. The van der Waals surface area contributed by atoms with E-state index in [9.17, 15) is 9.59 Å². The van der Waals surface area contributed by atoms with Gasteiger partial charge in [0.1, 0.15) is 4.87 Å². The van der Waals surface area contributed by atoms with Crippen LogP contribution in [0.25, 0.3) is 0 Å². The first-order chi connectivity index (χ1) is 7.85. The van der Waals surface area contributed by atoms with E-state index in [-0.39, 0.29) is 12.1 Å². The summed E-state index contributed by atoms with van der Waals surface area (Å²) in [5.74, 6) is -0.402. The van der Waals surface area contributed by atoms with Crippen LogP contribution in [0.1, 0.15) is 26.2 Å². The van der Waals surface area contributed by atoms with Crippen LogP contribution in [-0.2, 0) is 9.53 Å². The number of halogens is 1. The normalized spacial score (nSPS) is 31.4. The fraction of sp³-hybridized carbons (Fsp3) is 0.818. The maximum Gasteiger partial charge on any atom is 0.329 e. The summed E-state index contributed by atoms with van der Waals surface area (Å²) in [5, 5.41) is 0. The van der Waals surface area contributed by atoms with Gasteiger partial charge >= 0.3 is 12.0 Å². The molecule has 6 heteroatoms. The molecule has 0 bridgehead atoms. The SMILES string of the molecule is CC1CC(OC(=O)C2(Cl)CC2)N(C)C(=O)N1C. The number of hydrogen-bond acceptors (Lipinski definition) is 3. The largest absolute Gasteiger partial charge is 0.440 e. The minimum atomic E-state index is -0.823. The van der Waals surface area contributed by atoms with Gasteiger partial charge in [0.05, 0.1) is 0 Å². The number of hydrogen-bond donors (Lipinski definition) is 0. The van der Waals surface area contributed by atoms with E-state index in [0.717, 1.165) is 0 Å². The molecule has 0 aromatic heterocycles. The van der Waals surface area contributed by atoms with Crippen molar-refractivity contribution in [1.29, 1.82) is 0 Å². The Morgan fingerprint density at radius 3 is 2.53 bits per heavy atom. The minimum Gasteiger partial charge on any atom is -0.440 e. The number of amides is 2. The van der Waals surface area contributed by atoms with Gasteiger partial charge in [-0.1, -0.05) is 0 Å². The van der Waals surface area contributed by atoms with Gasteiger partial charge in [-0.05, 0) is 19.8 Å². The zero-order valence-corrected chi connectivity index (χ0v) is 11.0. The zero-order chi connectivity index (χ0) is 12.8. The van der Waals surface area contributed by atoms with Crippen molar-refractivity contribution in [3.05, 3.63) is 0 Å². The third-order valence-corrected chi connectivity index (χ3v) is 4.07. The lowest BCUT2D eigenvalue weighted by molar-refractivity contribution is -0.160. The lowest BCUT2D eigenvalue weighted by atomic mass is 10.1. The first-order valence-electron chi connectivity index (χ1n) is 5.75. The van der Waals surface area contributed by atoms with Gasteiger partial charge in [0.2, 0.25) is 0 Å². The number of ether oxygens (including phenoxy) is 1. The van der Waals surface area contributed by atoms with Gasteiger partial charge in [-0.3, -0.25) is 9.69 Å². The van der Waals surface area contributed by atoms with Crippen LogP contribution in [0.15, 0.2) is 0 Å². The zero-order valence-electron chi connectivity index (χ0n) is 10.3. The summed E-state index contributed by atoms with van der Waals surface area (Å²) < 4.78 is 5.33. The molecule has 1 aliphatic carbocycles. The van der Waals surface area contributed by atoms with E-state index in [4.69, 9.17) is 16.3 Å². The molecule has 0 aromatic rings. The topological polar surface area (TPSA) is 49.9 Å². The van der Waals surface area contributed by atoms with Crippen LogP contribution >= 0.6 is 11.6 Å². The quantitative estimate of drug-likeness (QED) is 0.557. The van der Waals surface area contributed by atoms with Crippen LogP contribution in [0, 0.1) is 0 Å². The van der Waals surface area contributed by atoms with Crippen molar-refractivity contribution in [2.75, 3.05) is 14.1 Å². The Hall–Kier alpha value is -0.970. The van der Waals surface area contributed by atoms with Gasteiger partial charge in [-0.15, -0.1) is 11.6 Å². The molecule has 1 saturated heterocycles. The Bertz CT molecular complexity index is 357. The van der Waals surface area contributed by atoms with Crippen LogP contribution < -0.4 is 0 Å². The standard InChI is InChI=1S/C11H17ClN2O3/c1-7-6-8(14(3)10(16)13(7)2)17-9(15)11(12)4-5-11/h7-8H,4-6H2,1-3H3. The van der Waals surface area contributed by atoms with E-state index in [1.165, 1.54) is 4.90 Å². The van der Waals surface area contributed by atoms with Crippen molar-refractivity contribution in [2.45, 2.75) is 43.3 Å². The molecule has 1 saturated carbocycles. The molecule has 2 unspecified atom stereocenters. The lowest BCUT2D eigenvalue weighted by Crippen LogP contribution is -2.56. The van der Waals surface area contributed by atoms with Gasteiger partial charge in [0.25, 0.3) is 0 Å². The van der Waals surface area contributed by atoms with E-state index < -0.39 is 17.1 Å². The Morgan fingerprint density at radius 2 is 2.00 bits per heavy atom. The van der Waals surface area contributed by atoms with Crippen LogP contribution in [-0.4, -0.2) is 53.0 Å². The summed E-state index contributed by atoms with van der Waals surface area (Å²) in [4.78, 5) is 25.8. The maximum absolute atomic E-state index is 11.8. The molecule has 0 spiro atoms. The summed E-state index contributed by atoms with van der Waals surface area (Å²) in [7, 11) is 3.38. The van der Waals surface area contributed by atoms with Crippen LogP contribution in [0.3, 0.4) is 0 Å². The Morgan fingerprint density at radius 1 is 1.41 bits per heavy atom. The second kappa shape index (κ2) is 4.05. The number of carbonyl (C=O) groups is 2. The van der Waals surface area contributed by atoms with Gasteiger partial charge in [0, 0.05) is 26.6 Å². The van der Waals surface area contributed by atoms with E-state index in [1.54, 1.807) is 19.0 Å². The fourth-order valence-electron chi connectivity index (χ4n) is 1.84. The van der Waals surface area contributed by atoms with Crippen molar-refractivity contribution in [3.63, 3.8) is 0 Å². The second-order valence-corrected chi connectivity index (χ2v) is 5.64. The number of rotatable bonds is 2. The molecule has 5 nitrogen and oxygen atoms in total. The smallest absolute Gasteiger partial charge is 0.329 e. The molecule has 96 valence electrons. The molecule has 2 fully saturated rings. The first kappa shape index (κ1) is 12.5. The summed E-state index contributed by atoms with van der Waals surface area (Å²) in [5.41, 5.74) is 0. The molecular formula is C11H17ClN2O3. The van der Waals surface area contributed by atoms with Crippen LogP contribution in [0.4, 0.5) is 4.79 Å². The molecule has 1 heterocycles. The number of alkyl halides is 1. The Kier molecular flexibility index (Phi) is 2.97. The van der Waals surface area contributed by atoms with Crippen molar-refractivity contribution in [2.24, 2.45) is 0 Å². The van der Waals surface area contributed by atoms with Crippen LogP contribution in [0.5, 0.6) is 0 Å². The van der Waals surface area contributed by atoms with Gasteiger partial charge < -0.3 is 9.64 Å². The highest BCUT2D eigenvalue weighted by molar-refractivity contribution is 6.36. The summed E-state index contributed by atoms with van der Waals surface area (Å²) in [6, 6.07) is -0.0806. The van der Waals surface area contributed by atoms with Crippen molar-refractivity contribution in [1.82, 2.24) is 9.80 Å².